The fraction of sp³-hybridized carbons (Fsp3) is 0.389. The van der Waals surface area contributed by atoms with Crippen LogP contribution < -0.4 is 0 Å². The van der Waals surface area contributed by atoms with Crippen molar-refractivity contribution < 1.29 is 4.74 Å². The topological polar surface area (TPSA) is 71.9 Å². The van der Waals surface area contributed by atoms with E-state index in [9.17, 15) is 0 Å². The Morgan fingerprint density at radius 1 is 1.28 bits per heavy atom. The molecule has 1 N–H and O–H groups in total. The van der Waals surface area contributed by atoms with Crippen molar-refractivity contribution in [2.24, 2.45) is 7.05 Å². The summed E-state index contributed by atoms with van der Waals surface area (Å²) >= 11 is 0. The quantitative estimate of drug-likeness (QED) is 0.772. The van der Waals surface area contributed by atoms with Crippen LogP contribution in [-0.2, 0) is 18.3 Å². The van der Waals surface area contributed by atoms with Crippen LogP contribution in [-0.4, -0.2) is 49.4 Å². The second-order valence-electron chi connectivity index (χ2n) is 6.46. The van der Waals surface area contributed by atoms with E-state index in [-0.39, 0.29) is 12.1 Å². The van der Waals surface area contributed by atoms with Gasteiger partial charge in [0, 0.05) is 44.7 Å². The largest absolute Gasteiger partial charge is 0.380 e. The molecule has 1 aliphatic heterocycles. The zero-order valence-corrected chi connectivity index (χ0v) is 14.5. The first-order valence-corrected chi connectivity index (χ1v) is 8.44. The van der Waals surface area contributed by atoms with Gasteiger partial charge < -0.3 is 14.3 Å². The lowest BCUT2D eigenvalue weighted by Crippen LogP contribution is -2.26. The van der Waals surface area contributed by atoms with E-state index >= 15 is 0 Å². The Bertz CT molecular complexity index is 827. The maximum absolute atomic E-state index is 5.60. The Hall–Kier alpha value is -2.51. The van der Waals surface area contributed by atoms with E-state index in [2.05, 4.69) is 37.2 Å². The number of hydrogen-bond acceptors (Lipinski definition) is 5. The highest BCUT2D eigenvalue weighted by atomic mass is 16.5. The average molecular weight is 338 g/mol. The van der Waals surface area contributed by atoms with Gasteiger partial charge in [-0.15, -0.1) is 10.2 Å². The second-order valence-corrected chi connectivity index (χ2v) is 6.46. The normalized spacial score (nSPS) is 21.0. The number of methoxy groups -OCH3 is 1. The molecule has 0 bridgehead atoms. The molecule has 1 aliphatic rings. The summed E-state index contributed by atoms with van der Waals surface area (Å²) in [5.41, 5.74) is 2.18. The summed E-state index contributed by atoms with van der Waals surface area (Å²) in [7, 11) is 3.75. The summed E-state index contributed by atoms with van der Waals surface area (Å²) in [4.78, 5) is 10.3. The highest BCUT2D eigenvalue weighted by Gasteiger charge is 2.36. The number of imidazole rings is 1. The van der Waals surface area contributed by atoms with Crippen molar-refractivity contribution in [3.8, 4) is 11.4 Å². The molecule has 0 radical (unpaired) electrons. The number of aryl methyl sites for hydroxylation is 1. The van der Waals surface area contributed by atoms with Crippen molar-refractivity contribution in [1.29, 1.82) is 0 Å². The number of aromatic nitrogens is 5. The van der Waals surface area contributed by atoms with Crippen molar-refractivity contribution in [3.63, 3.8) is 0 Å². The van der Waals surface area contributed by atoms with Crippen LogP contribution in [0.25, 0.3) is 11.4 Å². The molecule has 130 valence electrons. The highest BCUT2D eigenvalue weighted by molar-refractivity contribution is 5.54. The third-order valence-corrected chi connectivity index (χ3v) is 4.79. The molecule has 1 aromatic carbocycles. The summed E-state index contributed by atoms with van der Waals surface area (Å²) < 4.78 is 7.58. The molecule has 2 atom stereocenters. The summed E-state index contributed by atoms with van der Waals surface area (Å²) in [6.07, 6.45) is 4.79. The SMILES string of the molecule is CO[C@@H]1C[C@@H](c2nncn2C)N(Cc2cnc(-c3ccccc3)[nH]2)C1. The molecule has 0 amide bonds. The molecule has 7 nitrogen and oxygen atoms in total. The molecule has 3 heterocycles. The monoisotopic (exact) mass is 338 g/mol. The zero-order valence-electron chi connectivity index (χ0n) is 14.5. The van der Waals surface area contributed by atoms with Crippen LogP contribution in [0.1, 0.15) is 24.0 Å². The third kappa shape index (κ3) is 3.20. The number of rotatable bonds is 5. The first-order valence-electron chi connectivity index (χ1n) is 8.44. The summed E-state index contributed by atoms with van der Waals surface area (Å²) in [6, 6.07) is 10.4. The first kappa shape index (κ1) is 16.0. The minimum Gasteiger partial charge on any atom is -0.380 e. The van der Waals surface area contributed by atoms with E-state index in [0.29, 0.717) is 0 Å². The van der Waals surface area contributed by atoms with Gasteiger partial charge in [-0.3, -0.25) is 4.90 Å². The number of ether oxygens (including phenoxy) is 1. The van der Waals surface area contributed by atoms with Gasteiger partial charge >= 0.3 is 0 Å². The van der Waals surface area contributed by atoms with Gasteiger partial charge in [0.15, 0.2) is 0 Å². The van der Waals surface area contributed by atoms with E-state index in [4.69, 9.17) is 4.74 Å². The number of likely N-dealkylation sites (tertiary alicyclic amines) is 1. The number of aromatic amines is 1. The number of nitrogens with zero attached hydrogens (tertiary/aromatic N) is 5. The van der Waals surface area contributed by atoms with Crippen LogP contribution >= 0.6 is 0 Å². The van der Waals surface area contributed by atoms with Crippen molar-refractivity contribution in [2.75, 3.05) is 13.7 Å². The third-order valence-electron chi connectivity index (χ3n) is 4.79. The maximum Gasteiger partial charge on any atom is 0.150 e. The van der Waals surface area contributed by atoms with Gasteiger partial charge in [0.25, 0.3) is 0 Å². The molecule has 1 fully saturated rings. The second kappa shape index (κ2) is 6.78. The molecule has 0 aliphatic carbocycles. The van der Waals surface area contributed by atoms with Crippen LogP contribution in [0, 0.1) is 0 Å². The van der Waals surface area contributed by atoms with Crippen LogP contribution in [0.15, 0.2) is 42.9 Å². The van der Waals surface area contributed by atoms with Crippen LogP contribution in [0.2, 0.25) is 0 Å². The average Bonchev–Trinajstić information content (AvgIpc) is 3.36. The van der Waals surface area contributed by atoms with Gasteiger partial charge in [-0.25, -0.2) is 4.98 Å². The van der Waals surface area contributed by atoms with Crippen molar-refractivity contribution in [1.82, 2.24) is 29.6 Å². The smallest absolute Gasteiger partial charge is 0.150 e. The van der Waals surface area contributed by atoms with Crippen LogP contribution in [0.4, 0.5) is 0 Å². The zero-order chi connectivity index (χ0) is 17.2. The Kier molecular flexibility index (Phi) is 4.33. The van der Waals surface area contributed by atoms with Gasteiger partial charge in [-0.1, -0.05) is 30.3 Å². The number of nitrogens with one attached hydrogen (secondary N) is 1. The number of benzene rings is 1. The molecule has 2 aromatic heterocycles. The number of H-pyrrole nitrogens is 1. The molecule has 1 saturated heterocycles. The molecular weight excluding hydrogens is 316 g/mol. The Morgan fingerprint density at radius 3 is 2.84 bits per heavy atom. The predicted octanol–water partition coefficient (Wildman–Crippen LogP) is 2.17. The summed E-state index contributed by atoms with van der Waals surface area (Å²) in [5, 5.41) is 8.33. The van der Waals surface area contributed by atoms with Crippen molar-refractivity contribution in [2.45, 2.75) is 25.1 Å². The van der Waals surface area contributed by atoms with Gasteiger partial charge in [0.05, 0.1) is 12.1 Å². The minimum atomic E-state index is 0.195. The van der Waals surface area contributed by atoms with Gasteiger partial charge in [-0.05, 0) is 6.42 Å². The molecule has 3 aromatic rings. The van der Waals surface area contributed by atoms with E-state index in [1.165, 1.54) is 0 Å². The standard InChI is InChI=1S/C18H22N6O/c1-23-12-20-22-18(23)16-8-15(25-2)11-24(16)10-14-9-19-17(21-14)13-6-4-3-5-7-13/h3-7,9,12,15-16H,8,10-11H2,1-2H3,(H,19,21)/t15-,16+/m1/s1. The lowest BCUT2D eigenvalue weighted by molar-refractivity contribution is 0.107. The highest BCUT2D eigenvalue weighted by Crippen LogP contribution is 2.33. The Morgan fingerprint density at radius 2 is 2.12 bits per heavy atom. The molecule has 0 unspecified atom stereocenters. The number of hydrogen-bond donors (Lipinski definition) is 1. The molecule has 0 spiro atoms. The lowest BCUT2D eigenvalue weighted by Gasteiger charge is -2.22. The maximum atomic E-state index is 5.60. The van der Waals surface area contributed by atoms with Gasteiger partial charge in [-0.2, -0.15) is 0 Å². The van der Waals surface area contributed by atoms with Crippen molar-refractivity contribution >= 4 is 0 Å². The molecule has 7 heteroatoms. The summed E-state index contributed by atoms with van der Waals surface area (Å²) in [5.74, 6) is 1.87. The molecule has 25 heavy (non-hydrogen) atoms. The molecule has 4 rings (SSSR count). The van der Waals surface area contributed by atoms with Crippen LogP contribution in [0.3, 0.4) is 0 Å². The fourth-order valence-electron chi connectivity index (χ4n) is 3.47. The van der Waals surface area contributed by atoms with Crippen molar-refractivity contribution in [3.05, 3.63) is 54.4 Å². The Labute approximate surface area is 146 Å². The molecular formula is C18H22N6O. The van der Waals surface area contributed by atoms with E-state index < -0.39 is 0 Å². The Balaban J connectivity index is 1.54. The van der Waals surface area contributed by atoms with E-state index in [1.54, 1.807) is 13.4 Å². The summed E-state index contributed by atoms with van der Waals surface area (Å²) in [6.45, 7) is 1.64. The van der Waals surface area contributed by atoms with Gasteiger partial charge in [0.2, 0.25) is 0 Å². The van der Waals surface area contributed by atoms with Crippen LogP contribution in [0.5, 0.6) is 0 Å². The fourth-order valence-corrected chi connectivity index (χ4v) is 3.47. The van der Waals surface area contributed by atoms with E-state index in [0.717, 1.165) is 42.4 Å². The first-order chi connectivity index (χ1) is 12.2. The van der Waals surface area contributed by atoms with E-state index in [1.807, 2.05) is 36.0 Å². The predicted molar refractivity (Wildman–Crippen MR) is 93.6 cm³/mol. The minimum absolute atomic E-state index is 0.195. The lowest BCUT2D eigenvalue weighted by atomic mass is 10.2. The molecule has 0 saturated carbocycles. The van der Waals surface area contributed by atoms with Gasteiger partial charge in [0.1, 0.15) is 18.0 Å².